The highest BCUT2D eigenvalue weighted by molar-refractivity contribution is 7.92. The van der Waals surface area contributed by atoms with Crippen LogP contribution in [0.1, 0.15) is 10.4 Å². The summed E-state index contributed by atoms with van der Waals surface area (Å²) < 4.78 is 37.6. The third kappa shape index (κ3) is 4.65. The summed E-state index contributed by atoms with van der Waals surface area (Å²) in [6.07, 6.45) is 0. The van der Waals surface area contributed by atoms with Gasteiger partial charge in [0, 0.05) is 5.69 Å². The lowest BCUT2D eigenvalue weighted by molar-refractivity contribution is 0.0734. The van der Waals surface area contributed by atoms with Crippen molar-refractivity contribution in [1.82, 2.24) is 0 Å². The standard InChI is InChI=1S/C20H17NO5S/c1-25-17-11-13-19(14-12-17)27(23,24)21-16-7-9-18(10-8-16)26-20(22)15-5-3-2-4-6-15/h2-14,21H,1H3. The Labute approximate surface area is 157 Å². The third-order valence-corrected chi connectivity index (χ3v) is 5.09. The molecule has 0 heterocycles. The van der Waals surface area contributed by atoms with Crippen LogP contribution in [-0.2, 0) is 10.0 Å². The molecule has 0 amide bonds. The highest BCUT2D eigenvalue weighted by Crippen LogP contribution is 2.21. The lowest BCUT2D eigenvalue weighted by Gasteiger charge is -2.10. The summed E-state index contributed by atoms with van der Waals surface area (Å²) in [4.78, 5) is 12.1. The molecule has 0 aromatic heterocycles. The number of hydrogen-bond donors (Lipinski definition) is 1. The van der Waals surface area contributed by atoms with Crippen molar-refractivity contribution in [3.05, 3.63) is 84.4 Å². The Hall–Kier alpha value is -3.32. The van der Waals surface area contributed by atoms with Gasteiger partial charge in [0.15, 0.2) is 0 Å². The Morgan fingerprint density at radius 1 is 0.815 bits per heavy atom. The van der Waals surface area contributed by atoms with Gasteiger partial charge >= 0.3 is 5.97 Å². The molecule has 3 aromatic carbocycles. The van der Waals surface area contributed by atoms with Crippen molar-refractivity contribution in [1.29, 1.82) is 0 Å². The van der Waals surface area contributed by atoms with Gasteiger partial charge < -0.3 is 9.47 Å². The molecule has 0 radical (unpaired) electrons. The fourth-order valence-corrected chi connectivity index (χ4v) is 3.36. The summed E-state index contributed by atoms with van der Waals surface area (Å²) in [5, 5.41) is 0. The Balaban J connectivity index is 1.68. The fourth-order valence-electron chi connectivity index (χ4n) is 2.30. The van der Waals surface area contributed by atoms with E-state index < -0.39 is 16.0 Å². The van der Waals surface area contributed by atoms with Gasteiger partial charge in [-0.25, -0.2) is 13.2 Å². The van der Waals surface area contributed by atoms with Crippen LogP contribution in [0.4, 0.5) is 5.69 Å². The number of methoxy groups -OCH3 is 1. The van der Waals surface area contributed by atoms with Crippen molar-refractivity contribution < 1.29 is 22.7 Å². The molecule has 0 saturated carbocycles. The molecule has 0 aliphatic carbocycles. The summed E-state index contributed by atoms with van der Waals surface area (Å²) >= 11 is 0. The van der Waals surface area contributed by atoms with Crippen LogP contribution in [0, 0.1) is 0 Å². The molecule has 0 fully saturated rings. The number of hydrogen-bond acceptors (Lipinski definition) is 5. The second kappa shape index (κ2) is 7.92. The van der Waals surface area contributed by atoms with Gasteiger partial charge in [-0.1, -0.05) is 18.2 Å². The highest BCUT2D eigenvalue weighted by Gasteiger charge is 2.14. The Morgan fingerprint density at radius 3 is 2.00 bits per heavy atom. The largest absolute Gasteiger partial charge is 0.497 e. The molecule has 0 aliphatic heterocycles. The van der Waals surface area contributed by atoms with Crippen LogP contribution in [-0.4, -0.2) is 21.5 Å². The zero-order valence-corrected chi connectivity index (χ0v) is 15.3. The predicted molar refractivity (Wildman–Crippen MR) is 102 cm³/mol. The fraction of sp³-hybridized carbons (Fsp3) is 0.0500. The van der Waals surface area contributed by atoms with Crippen LogP contribution >= 0.6 is 0 Å². The molecule has 6 nitrogen and oxygen atoms in total. The van der Waals surface area contributed by atoms with E-state index in [0.29, 0.717) is 22.7 Å². The summed E-state index contributed by atoms with van der Waals surface area (Å²) in [6, 6.07) is 20.7. The van der Waals surface area contributed by atoms with Crippen molar-refractivity contribution in [2.45, 2.75) is 4.90 Å². The Bertz CT molecular complexity index is 1010. The molecule has 0 bridgehead atoms. The van der Waals surface area contributed by atoms with Gasteiger partial charge in [-0.05, 0) is 60.7 Å². The second-order valence-electron chi connectivity index (χ2n) is 5.56. The molecule has 27 heavy (non-hydrogen) atoms. The van der Waals surface area contributed by atoms with Gasteiger partial charge in [0.2, 0.25) is 0 Å². The molecule has 0 atom stereocenters. The van der Waals surface area contributed by atoms with Gasteiger partial charge in [0.25, 0.3) is 10.0 Å². The first-order chi connectivity index (χ1) is 13.0. The normalized spacial score (nSPS) is 10.9. The molecule has 0 spiro atoms. The quantitative estimate of drug-likeness (QED) is 0.518. The minimum atomic E-state index is -3.73. The molecule has 3 aromatic rings. The maximum Gasteiger partial charge on any atom is 0.343 e. The first-order valence-corrected chi connectivity index (χ1v) is 9.50. The number of sulfonamides is 1. The molecule has 7 heteroatoms. The average Bonchev–Trinajstić information content (AvgIpc) is 2.70. The number of carbonyl (C=O) groups excluding carboxylic acids is 1. The van der Waals surface area contributed by atoms with Crippen molar-refractivity contribution in [3.8, 4) is 11.5 Å². The van der Waals surface area contributed by atoms with Gasteiger partial charge in [0.05, 0.1) is 17.6 Å². The van der Waals surface area contributed by atoms with E-state index in [2.05, 4.69) is 4.72 Å². The zero-order valence-electron chi connectivity index (χ0n) is 14.5. The third-order valence-electron chi connectivity index (χ3n) is 3.70. The molecule has 0 aliphatic rings. The van der Waals surface area contributed by atoms with Crippen LogP contribution in [0.3, 0.4) is 0 Å². The molecule has 1 N–H and O–H groups in total. The first kappa shape index (κ1) is 18.5. The number of esters is 1. The van der Waals surface area contributed by atoms with Crippen molar-refractivity contribution in [2.24, 2.45) is 0 Å². The van der Waals surface area contributed by atoms with Gasteiger partial charge in [-0.3, -0.25) is 4.72 Å². The maximum absolute atomic E-state index is 12.4. The van der Waals surface area contributed by atoms with Crippen LogP contribution in [0.2, 0.25) is 0 Å². The van der Waals surface area contributed by atoms with Crippen LogP contribution in [0.25, 0.3) is 0 Å². The van der Waals surface area contributed by atoms with Crippen molar-refractivity contribution in [2.75, 3.05) is 11.8 Å². The summed E-state index contributed by atoms with van der Waals surface area (Å²) in [7, 11) is -2.22. The lowest BCUT2D eigenvalue weighted by Crippen LogP contribution is -2.13. The lowest BCUT2D eigenvalue weighted by atomic mass is 10.2. The Kier molecular flexibility index (Phi) is 5.42. The van der Waals surface area contributed by atoms with E-state index in [-0.39, 0.29) is 4.90 Å². The van der Waals surface area contributed by atoms with E-state index in [9.17, 15) is 13.2 Å². The minimum absolute atomic E-state index is 0.114. The maximum atomic E-state index is 12.4. The molecule has 0 saturated heterocycles. The SMILES string of the molecule is COc1ccc(S(=O)(=O)Nc2ccc(OC(=O)c3ccccc3)cc2)cc1. The van der Waals surface area contributed by atoms with Gasteiger partial charge in [0.1, 0.15) is 11.5 Å². The van der Waals surface area contributed by atoms with Gasteiger partial charge in [-0.15, -0.1) is 0 Å². The van der Waals surface area contributed by atoms with E-state index in [1.54, 1.807) is 42.5 Å². The molecular weight excluding hydrogens is 366 g/mol. The highest BCUT2D eigenvalue weighted by atomic mass is 32.2. The summed E-state index contributed by atoms with van der Waals surface area (Å²) in [5.41, 5.74) is 0.784. The van der Waals surface area contributed by atoms with Crippen LogP contribution in [0.5, 0.6) is 11.5 Å². The van der Waals surface area contributed by atoms with E-state index >= 15 is 0 Å². The zero-order chi connectivity index (χ0) is 19.3. The van der Waals surface area contributed by atoms with Crippen molar-refractivity contribution in [3.63, 3.8) is 0 Å². The number of ether oxygens (including phenoxy) is 2. The number of benzene rings is 3. The van der Waals surface area contributed by atoms with Gasteiger partial charge in [-0.2, -0.15) is 0 Å². The number of anilines is 1. The monoisotopic (exact) mass is 383 g/mol. The van der Waals surface area contributed by atoms with E-state index in [0.717, 1.165) is 0 Å². The smallest absolute Gasteiger partial charge is 0.343 e. The number of nitrogens with one attached hydrogen (secondary N) is 1. The molecule has 3 rings (SSSR count). The number of rotatable bonds is 6. The van der Waals surface area contributed by atoms with E-state index in [1.807, 2.05) is 0 Å². The Morgan fingerprint density at radius 2 is 1.41 bits per heavy atom. The molecule has 0 unspecified atom stereocenters. The van der Waals surface area contributed by atoms with E-state index in [4.69, 9.17) is 9.47 Å². The van der Waals surface area contributed by atoms with E-state index in [1.165, 1.54) is 43.5 Å². The minimum Gasteiger partial charge on any atom is -0.497 e. The summed E-state index contributed by atoms with van der Waals surface area (Å²) in [5.74, 6) is 0.400. The second-order valence-corrected chi connectivity index (χ2v) is 7.24. The topological polar surface area (TPSA) is 81.7 Å². The number of carbonyl (C=O) groups is 1. The van der Waals surface area contributed by atoms with Crippen LogP contribution in [0.15, 0.2) is 83.8 Å². The van der Waals surface area contributed by atoms with Crippen molar-refractivity contribution >= 4 is 21.7 Å². The first-order valence-electron chi connectivity index (χ1n) is 8.02. The predicted octanol–water partition coefficient (Wildman–Crippen LogP) is 3.72. The summed E-state index contributed by atoms with van der Waals surface area (Å²) in [6.45, 7) is 0. The average molecular weight is 383 g/mol. The molecular formula is C20H17NO5S. The van der Waals surface area contributed by atoms with Crippen LogP contribution < -0.4 is 14.2 Å². The molecule has 138 valence electrons.